The summed E-state index contributed by atoms with van der Waals surface area (Å²) in [5.74, 6) is 0.859. The highest BCUT2D eigenvalue weighted by molar-refractivity contribution is 4.82. The Labute approximate surface area is 80.4 Å². The van der Waals surface area contributed by atoms with Gasteiger partial charge >= 0.3 is 0 Å². The van der Waals surface area contributed by atoms with E-state index in [2.05, 4.69) is 17.1 Å². The lowest BCUT2D eigenvalue weighted by Crippen LogP contribution is -2.45. The van der Waals surface area contributed by atoms with E-state index < -0.39 is 0 Å². The molecule has 1 N–H and O–H groups in total. The molecular formula is C10H20N2O. The van der Waals surface area contributed by atoms with Crippen molar-refractivity contribution in [3.8, 4) is 0 Å². The lowest BCUT2D eigenvalue weighted by molar-refractivity contribution is 0.00928. The van der Waals surface area contributed by atoms with Crippen molar-refractivity contribution in [2.45, 2.75) is 19.4 Å². The van der Waals surface area contributed by atoms with Gasteiger partial charge in [-0.05, 0) is 32.4 Å². The van der Waals surface area contributed by atoms with E-state index in [-0.39, 0.29) is 0 Å². The number of rotatable bonds is 2. The zero-order chi connectivity index (χ0) is 9.10. The predicted molar refractivity (Wildman–Crippen MR) is 52.8 cm³/mol. The van der Waals surface area contributed by atoms with Crippen molar-refractivity contribution in [2.24, 2.45) is 5.92 Å². The summed E-state index contributed by atoms with van der Waals surface area (Å²) in [6.07, 6.45) is 1.35. The van der Waals surface area contributed by atoms with Gasteiger partial charge in [0.1, 0.15) is 0 Å². The maximum atomic E-state index is 5.36. The van der Waals surface area contributed by atoms with Gasteiger partial charge in [0.2, 0.25) is 0 Å². The second kappa shape index (κ2) is 4.40. The standard InChI is InChI=1S/C10H20N2O/c1-9(10-2-3-11-8-10)12-4-6-13-7-5-12/h9-11H,2-8H2,1H3/t9-,10-/m0/s1. The largest absolute Gasteiger partial charge is 0.379 e. The van der Waals surface area contributed by atoms with E-state index in [0.29, 0.717) is 0 Å². The second-order valence-corrected chi connectivity index (χ2v) is 4.14. The van der Waals surface area contributed by atoms with Crippen LogP contribution in [-0.2, 0) is 4.74 Å². The normalized spacial score (nSPS) is 33.5. The van der Waals surface area contributed by atoms with Crippen molar-refractivity contribution in [1.82, 2.24) is 10.2 Å². The summed E-state index contributed by atoms with van der Waals surface area (Å²) in [6, 6.07) is 0.735. The number of hydrogen-bond donors (Lipinski definition) is 1. The van der Waals surface area contributed by atoms with Crippen molar-refractivity contribution in [3.05, 3.63) is 0 Å². The fourth-order valence-electron chi connectivity index (χ4n) is 2.37. The van der Waals surface area contributed by atoms with E-state index in [1.807, 2.05) is 0 Å². The molecule has 2 aliphatic heterocycles. The van der Waals surface area contributed by atoms with Crippen molar-refractivity contribution < 1.29 is 4.74 Å². The van der Waals surface area contributed by atoms with Crippen LogP contribution in [0.2, 0.25) is 0 Å². The van der Waals surface area contributed by atoms with Crippen LogP contribution in [0.15, 0.2) is 0 Å². The first kappa shape index (κ1) is 9.44. The quantitative estimate of drug-likeness (QED) is 0.669. The molecule has 0 aromatic carbocycles. The summed E-state index contributed by atoms with van der Waals surface area (Å²) in [6.45, 7) is 8.87. The summed E-state index contributed by atoms with van der Waals surface area (Å²) in [5.41, 5.74) is 0. The van der Waals surface area contributed by atoms with E-state index in [4.69, 9.17) is 4.74 Å². The van der Waals surface area contributed by atoms with Gasteiger partial charge in [0.05, 0.1) is 13.2 Å². The fraction of sp³-hybridized carbons (Fsp3) is 1.00. The topological polar surface area (TPSA) is 24.5 Å². The lowest BCUT2D eigenvalue weighted by Gasteiger charge is -2.35. The Morgan fingerprint density at radius 1 is 1.38 bits per heavy atom. The molecule has 2 rings (SSSR count). The van der Waals surface area contributed by atoms with E-state index in [1.165, 1.54) is 19.5 Å². The number of morpholine rings is 1. The zero-order valence-electron chi connectivity index (χ0n) is 8.46. The smallest absolute Gasteiger partial charge is 0.0594 e. The SMILES string of the molecule is C[C@@H]([C@H]1CCNC1)N1CCOCC1. The molecule has 2 atom stereocenters. The average Bonchev–Trinajstić information content (AvgIpc) is 2.71. The molecule has 0 aromatic rings. The number of ether oxygens (including phenoxy) is 1. The third kappa shape index (κ3) is 2.22. The number of nitrogens with one attached hydrogen (secondary N) is 1. The Bertz CT molecular complexity index is 151. The van der Waals surface area contributed by atoms with Crippen LogP contribution >= 0.6 is 0 Å². The summed E-state index contributed by atoms with van der Waals surface area (Å²) < 4.78 is 5.36. The van der Waals surface area contributed by atoms with E-state index in [9.17, 15) is 0 Å². The van der Waals surface area contributed by atoms with Gasteiger partial charge < -0.3 is 10.1 Å². The molecule has 0 amide bonds. The van der Waals surface area contributed by atoms with Crippen LogP contribution in [-0.4, -0.2) is 50.3 Å². The zero-order valence-corrected chi connectivity index (χ0v) is 8.46. The molecule has 0 aromatic heterocycles. The van der Waals surface area contributed by atoms with E-state index in [0.717, 1.165) is 38.3 Å². The third-order valence-corrected chi connectivity index (χ3v) is 3.40. The van der Waals surface area contributed by atoms with Gasteiger partial charge in [0.25, 0.3) is 0 Å². The minimum absolute atomic E-state index is 0.735. The van der Waals surface area contributed by atoms with Gasteiger partial charge in [0.15, 0.2) is 0 Å². The maximum Gasteiger partial charge on any atom is 0.0594 e. The van der Waals surface area contributed by atoms with Crippen molar-refractivity contribution in [2.75, 3.05) is 39.4 Å². The minimum atomic E-state index is 0.735. The Kier molecular flexibility index (Phi) is 3.19. The highest BCUT2D eigenvalue weighted by atomic mass is 16.5. The molecule has 2 heterocycles. The molecule has 0 aliphatic carbocycles. The Morgan fingerprint density at radius 3 is 2.77 bits per heavy atom. The summed E-state index contributed by atoms with van der Waals surface area (Å²) in [7, 11) is 0. The fourth-order valence-corrected chi connectivity index (χ4v) is 2.37. The molecule has 2 fully saturated rings. The van der Waals surface area contributed by atoms with Crippen LogP contribution in [0.25, 0.3) is 0 Å². The first-order valence-electron chi connectivity index (χ1n) is 5.40. The van der Waals surface area contributed by atoms with E-state index >= 15 is 0 Å². The molecule has 0 spiro atoms. The van der Waals surface area contributed by atoms with Crippen LogP contribution in [0.1, 0.15) is 13.3 Å². The van der Waals surface area contributed by atoms with Crippen molar-refractivity contribution >= 4 is 0 Å². The third-order valence-electron chi connectivity index (χ3n) is 3.40. The first-order chi connectivity index (χ1) is 6.38. The average molecular weight is 184 g/mol. The molecule has 3 heteroatoms. The maximum absolute atomic E-state index is 5.36. The van der Waals surface area contributed by atoms with Crippen LogP contribution in [0.5, 0.6) is 0 Å². The summed E-state index contributed by atoms with van der Waals surface area (Å²) in [4.78, 5) is 2.57. The molecular weight excluding hydrogens is 164 g/mol. The Hall–Kier alpha value is -0.120. The van der Waals surface area contributed by atoms with Gasteiger partial charge in [-0.15, -0.1) is 0 Å². The molecule has 0 unspecified atom stereocenters. The van der Waals surface area contributed by atoms with Gasteiger partial charge in [0, 0.05) is 19.1 Å². The van der Waals surface area contributed by atoms with Gasteiger partial charge in [-0.25, -0.2) is 0 Å². The van der Waals surface area contributed by atoms with Gasteiger partial charge in [-0.2, -0.15) is 0 Å². The van der Waals surface area contributed by atoms with Gasteiger partial charge in [-0.1, -0.05) is 0 Å². The highest BCUT2D eigenvalue weighted by Crippen LogP contribution is 2.18. The molecule has 0 saturated carbocycles. The highest BCUT2D eigenvalue weighted by Gasteiger charge is 2.26. The van der Waals surface area contributed by atoms with Crippen LogP contribution < -0.4 is 5.32 Å². The molecule has 76 valence electrons. The Balaban J connectivity index is 1.83. The molecule has 0 bridgehead atoms. The van der Waals surface area contributed by atoms with Crippen LogP contribution in [0.4, 0.5) is 0 Å². The number of nitrogens with zero attached hydrogens (tertiary/aromatic N) is 1. The lowest BCUT2D eigenvalue weighted by atomic mass is 9.99. The molecule has 3 nitrogen and oxygen atoms in total. The monoisotopic (exact) mass is 184 g/mol. The van der Waals surface area contributed by atoms with Crippen LogP contribution in [0, 0.1) is 5.92 Å². The molecule has 0 radical (unpaired) electrons. The second-order valence-electron chi connectivity index (χ2n) is 4.14. The molecule has 13 heavy (non-hydrogen) atoms. The summed E-state index contributed by atoms with van der Waals surface area (Å²) >= 11 is 0. The first-order valence-corrected chi connectivity index (χ1v) is 5.40. The number of hydrogen-bond acceptors (Lipinski definition) is 3. The van der Waals surface area contributed by atoms with Crippen LogP contribution in [0.3, 0.4) is 0 Å². The van der Waals surface area contributed by atoms with Crippen molar-refractivity contribution in [3.63, 3.8) is 0 Å². The predicted octanol–water partition coefficient (Wildman–Crippen LogP) is 0.317. The van der Waals surface area contributed by atoms with E-state index in [1.54, 1.807) is 0 Å². The molecule has 2 aliphatic rings. The van der Waals surface area contributed by atoms with Gasteiger partial charge in [-0.3, -0.25) is 4.90 Å². The molecule has 2 saturated heterocycles. The summed E-state index contributed by atoms with van der Waals surface area (Å²) in [5, 5.41) is 3.43. The minimum Gasteiger partial charge on any atom is -0.379 e. The van der Waals surface area contributed by atoms with Crippen molar-refractivity contribution in [1.29, 1.82) is 0 Å². The Morgan fingerprint density at radius 2 is 2.15 bits per heavy atom.